The fraction of sp³-hybridized carbons (Fsp3) is 0.231. The molecule has 0 radical (unpaired) electrons. The second kappa shape index (κ2) is 4.45. The fourth-order valence-electron chi connectivity index (χ4n) is 1.86. The first-order chi connectivity index (χ1) is 7.99. The lowest BCUT2D eigenvalue weighted by molar-refractivity contribution is 0.101. The van der Waals surface area contributed by atoms with Crippen molar-refractivity contribution in [2.45, 2.75) is 20.8 Å². The summed E-state index contributed by atoms with van der Waals surface area (Å²) in [5.74, 6) is 0.930. The van der Waals surface area contributed by atoms with Crippen molar-refractivity contribution in [1.82, 2.24) is 9.55 Å². The molecule has 0 bridgehead atoms. The van der Waals surface area contributed by atoms with Gasteiger partial charge < -0.3 is 4.57 Å². The third-order valence-electron chi connectivity index (χ3n) is 2.60. The van der Waals surface area contributed by atoms with Gasteiger partial charge in [-0.2, -0.15) is 0 Å². The van der Waals surface area contributed by atoms with Crippen molar-refractivity contribution >= 4 is 21.7 Å². The van der Waals surface area contributed by atoms with Crippen LogP contribution in [0.5, 0.6) is 0 Å². The van der Waals surface area contributed by atoms with Crippen molar-refractivity contribution in [3.8, 4) is 5.69 Å². The number of halogens is 1. The van der Waals surface area contributed by atoms with E-state index in [-0.39, 0.29) is 5.78 Å². The first kappa shape index (κ1) is 12.0. The number of benzene rings is 1. The Morgan fingerprint density at radius 1 is 1.35 bits per heavy atom. The SMILES string of the molecule is CC(=O)c1cc(Br)ccc1-n1cc(C)nc1C. The average molecular weight is 293 g/mol. The van der Waals surface area contributed by atoms with Gasteiger partial charge in [0.1, 0.15) is 5.82 Å². The molecule has 17 heavy (non-hydrogen) atoms. The summed E-state index contributed by atoms with van der Waals surface area (Å²) >= 11 is 3.38. The van der Waals surface area contributed by atoms with Crippen molar-refractivity contribution < 1.29 is 4.79 Å². The maximum absolute atomic E-state index is 11.7. The first-order valence-corrected chi connectivity index (χ1v) is 6.12. The predicted molar refractivity (Wildman–Crippen MR) is 70.7 cm³/mol. The summed E-state index contributed by atoms with van der Waals surface area (Å²) in [5.41, 5.74) is 2.51. The molecule has 0 saturated carbocycles. The zero-order valence-electron chi connectivity index (χ0n) is 9.99. The smallest absolute Gasteiger partial charge is 0.161 e. The molecule has 2 rings (SSSR count). The molecule has 0 N–H and O–H groups in total. The van der Waals surface area contributed by atoms with Gasteiger partial charge in [0.25, 0.3) is 0 Å². The van der Waals surface area contributed by atoms with Crippen LogP contribution in [0, 0.1) is 13.8 Å². The van der Waals surface area contributed by atoms with Crippen LogP contribution in [-0.2, 0) is 0 Å². The molecule has 1 aromatic carbocycles. The molecule has 0 aliphatic rings. The van der Waals surface area contributed by atoms with E-state index in [0.29, 0.717) is 5.56 Å². The second-order valence-electron chi connectivity index (χ2n) is 4.02. The third kappa shape index (κ3) is 2.31. The Hall–Kier alpha value is -1.42. The van der Waals surface area contributed by atoms with Crippen LogP contribution in [0.1, 0.15) is 28.8 Å². The number of aryl methyl sites for hydroxylation is 2. The van der Waals surface area contributed by atoms with Crippen molar-refractivity contribution in [1.29, 1.82) is 0 Å². The Morgan fingerprint density at radius 2 is 2.06 bits per heavy atom. The van der Waals surface area contributed by atoms with Crippen LogP contribution in [0.4, 0.5) is 0 Å². The molecule has 1 heterocycles. The van der Waals surface area contributed by atoms with Crippen LogP contribution in [0.25, 0.3) is 5.69 Å². The van der Waals surface area contributed by atoms with Crippen molar-refractivity contribution in [3.05, 3.63) is 46.0 Å². The summed E-state index contributed by atoms with van der Waals surface area (Å²) < 4.78 is 2.85. The Morgan fingerprint density at radius 3 is 2.59 bits per heavy atom. The lowest BCUT2D eigenvalue weighted by Gasteiger charge is -2.10. The van der Waals surface area contributed by atoms with E-state index in [9.17, 15) is 4.79 Å². The summed E-state index contributed by atoms with van der Waals surface area (Å²) in [4.78, 5) is 16.0. The first-order valence-electron chi connectivity index (χ1n) is 5.32. The minimum atomic E-state index is 0.0482. The number of nitrogens with zero attached hydrogens (tertiary/aromatic N) is 2. The molecule has 0 amide bonds. The zero-order valence-corrected chi connectivity index (χ0v) is 11.6. The normalized spacial score (nSPS) is 10.6. The molecule has 3 nitrogen and oxygen atoms in total. The van der Waals surface area contributed by atoms with Crippen LogP contribution in [0.3, 0.4) is 0 Å². The van der Waals surface area contributed by atoms with Crippen LogP contribution in [0.2, 0.25) is 0 Å². The van der Waals surface area contributed by atoms with Crippen molar-refractivity contribution in [3.63, 3.8) is 0 Å². The lowest BCUT2D eigenvalue weighted by Crippen LogP contribution is -2.04. The number of aromatic nitrogens is 2. The van der Waals surface area contributed by atoms with E-state index in [1.54, 1.807) is 6.92 Å². The average Bonchev–Trinajstić information content (AvgIpc) is 2.57. The molecule has 0 aliphatic heterocycles. The maximum Gasteiger partial charge on any atom is 0.161 e. The number of Topliss-reactive ketones (excluding diaryl/α,β-unsaturated/α-hetero) is 1. The minimum Gasteiger partial charge on any atom is -0.303 e. The van der Waals surface area contributed by atoms with Gasteiger partial charge in [-0.3, -0.25) is 4.79 Å². The Balaban J connectivity index is 2.67. The molecule has 4 heteroatoms. The Labute approximate surface area is 109 Å². The van der Waals surface area contributed by atoms with E-state index in [1.807, 2.05) is 42.8 Å². The quantitative estimate of drug-likeness (QED) is 0.795. The van der Waals surface area contributed by atoms with E-state index in [2.05, 4.69) is 20.9 Å². The summed E-state index contributed by atoms with van der Waals surface area (Å²) in [7, 11) is 0. The number of carbonyl (C=O) groups excluding carboxylic acids is 1. The van der Waals surface area contributed by atoms with Crippen LogP contribution >= 0.6 is 15.9 Å². The van der Waals surface area contributed by atoms with E-state index in [1.165, 1.54) is 0 Å². The predicted octanol–water partition coefficient (Wildman–Crippen LogP) is 3.45. The molecule has 88 valence electrons. The summed E-state index contributed by atoms with van der Waals surface area (Å²) in [5, 5.41) is 0. The van der Waals surface area contributed by atoms with Gasteiger partial charge in [-0.15, -0.1) is 0 Å². The zero-order chi connectivity index (χ0) is 12.6. The Bertz CT molecular complexity index is 587. The molecular weight excluding hydrogens is 280 g/mol. The minimum absolute atomic E-state index is 0.0482. The van der Waals surface area contributed by atoms with E-state index in [0.717, 1.165) is 21.7 Å². The number of rotatable bonds is 2. The topological polar surface area (TPSA) is 34.9 Å². The van der Waals surface area contributed by atoms with E-state index < -0.39 is 0 Å². The van der Waals surface area contributed by atoms with Crippen LogP contribution in [0.15, 0.2) is 28.9 Å². The molecule has 0 aliphatic carbocycles. The summed E-state index contributed by atoms with van der Waals surface area (Å²) in [6.07, 6.45) is 1.94. The molecule has 2 aromatic rings. The van der Waals surface area contributed by atoms with Crippen LogP contribution in [-0.4, -0.2) is 15.3 Å². The monoisotopic (exact) mass is 292 g/mol. The largest absolute Gasteiger partial charge is 0.303 e. The highest BCUT2D eigenvalue weighted by atomic mass is 79.9. The Kier molecular flexibility index (Phi) is 3.15. The number of imidazole rings is 1. The summed E-state index contributed by atoms with van der Waals surface area (Å²) in [6, 6.07) is 5.69. The van der Waals surface area contributed by atoms with Gasteiger partial charge in [-0.1, -0.05) is 15.9 Å². The van der Waals surface area contributed by atoms with Gasteiger partial charge in [0.15, 0.2) is 5.78 Å². The highest BCUT2D eigenvalue weighted by Gasteiger charge is 2.12. The van der Waals surface area contributed by atoms with Crippen molar-refractivity contribution in [2.75, 3.05) is 0 Å². The highest BCUT2D eigenvalue weighted by molar-refractivity contribution is 9.10. The van der Waals surface area contributed by atoms with E-state index in [4.69, 9.17) is 0 Å². The van der Waals surface area contributed by atoms with Gasteiger partial charge >= 0.3 is 0 Å². The van der Waals surface area contributed by atoms with Gasteiger partial charge in [0, 0.05) is 16.2 Å². The second-order valence-corrected chi connectivity index (χ2v) is 4.93. The maximum atomic E-state index is 11.7. The molecule has 1 aromatic heterocycles. The lowest BCUT2D eigenvalue weighted by atomic mass is 10.1. The molecule has 0 unspecified atom stereocenters. The number of ketones is 1. The molecule has 0 fully saturated rings. The number of hydrogen-bond donors (Lipinski definition) is 0. The standard InChI is InChI=1S/C13H13BrN2O/c1-8-7-16(10(3)15-8)13-5-4-11(14)6-12(13)9(2)17/h4-7H,1-3H3. The highest BCUT2D eigenvalue weighted by Crippen LogP contribution is 2.22. The van der Waals surface area contributed by atoms with Gasteiger partial charge in [0.05, 0.1) is 11.4 Å². The van der Waals surface area contributed by atoms with Gasteiger partial charge in [-0.05, 0) is 39.0 Å². The number of hydrogen-bond acceptors (Lipinski definition) is 2. The number of carbonyl (C=O) groups is 1. The van der Waals surface area contributed by atoms with E-state index >= 15 is 0 Å². The third-order valence-corrected chi connectivity index (χ3v) is 3.09. The van der Waals surface area contributed by atoms with Gasteiger partial charge in [0.2, 0.25) is 0 Å². The molecule has 0 atom stereocenters. The summed E-state index contributed by atoms with van der Waals surface area (Å²) in [6.45, 7) is 5.44. The molecule has 0 saturated heterocycles. The molecule has 0 spiro atoms. The van der Waals surface area contributed by atoms with Crippen molar-refractivity contribution in [2.24, 2.45) is 0 Å². The van der Waals surface area contributed by atoms with Crippen LogP contribution < -0.4 is 0 Å². The fourth-order valence-corrected chi connectivity index (χ4v) is 2.22. The molecular formula is C13H13BrN2O. The van der Waals surface area contributed by atoms with Gasteiger partial charge in [-0.25, -0.2) is 4.98 Å².